The van der Waals surface area contributed by atoms with E-state index in [1.54, 1.807) is 13.0 Å². The summed E-state index contributed by atoms with van der Waals surface area (Å²) in [6.07, 6.45) is 2.12. The number of para-hydroxylation sites is 1. The molecule has 6 heteroatoms. The van der Waals surface area contributed by atoms with Crippen LogP contribution in [0.15, 0.2) is 72.4 Å². The highest BCUT2D eigenvalue weighted by molar-refractivity contribution is 5.94. The molecule has 0 saturated heterocycles. The third kappa shape index (κ3) is 3.31. The topological polar surface area (TPSA) is 78.3 Å². The van der Waals surface area contributed by atoms with Crippen LogP contribution in [0.25, 0.3) is 10.4 Å². The van der Waals surface area contributed by atoms with Crippen molar-refractivity contribution in [3.63, 3.8) is 0 Å². The van der Waals surface area contributed by atoms with Crippen molar-refractivity contribution in [3.05, 3.63) is 88.8 Å². The van der Waals surface area contributed by atoms with E-state index in [0.29, 0.717) is 13.0 Å². The van der Waals surface area contributed by atoms with Gasteiger partial charge in [0.1, 0.15) is 0 Å². The molecule has 2 aromatic carbocycles. The highest BCUT2D eigenvalue weighted by Crippen LogP contribution is 2.56. The van der Waals surface area contributed by atoms with Gasteiger partial charge in [-0.15, -0.1) is 6.58 Å². The number of hydrogen-bond donors (Lipinski definition) is 0. The molecule has 0 spiro atoms. The summed E-state index contributed by atoms with van der Waals surface area (Å²) in [6.45, 7) is 5.76. The van der Waals surface area contributed by atoms with E-state index >= 15 is 0 Å². The van der Waals surface area contributed by atoms with Crippen LogP contribution in [0.1, 0.15) is 36.4 Å². The van der Waals surface area contributed by atoms with E-state index in [1.165, 1.54) is 0 Å². The minimum Gasteiger partial charge on any atom is -0.373 e. The highest BCUT2D eigenvalue weighted by atomic mass is 16.5. The Morgan fingerprint density at radius 3 is 2.69 bits per heavy atom. The van der Waals surface area contributed by atoms with Crippen LogP contribution in [0.3, 0.4) is 0 Å². The van der Waals surface area contributed by atoms with Gasteiger partial charge >= 0.3 is 0 Å². The van der Waals surface area contributed by atoms with E-state index < -0.39 is 0 Å². The molecule has 2 aromatic rings. The summed E-state index contributed by atoms with van der Waals surface area (Å²) in [5.41, 5.74) is 12.2. The van der Waals surface area contributed by atoms with E-state index in [2.05, 4.69) is 34.8 Å². The summed E-state index contributed by atoms with van der Waals surface area (Å²) in [4.78, 5) is 17.8. The SMILES string of the molecule is C=CCO[C@@H]1[C@@H]2c3ccccc3N(C(C)=O)[C@H](c3ccccc3)[C@@H]2C[C@H]1N=[N+]=[N-]. The van der Waals surface area contributed by atoms with Gasteiger partial charge in [-0.3, -0.25) is 4.79 Å². The van der Waals surface area contributed by atoms with Crippen molar-refractivity contribution in [3.8, 4) is 0 Å². The molecule has 0 aromatic heterocycles. The first-order valence-corrected chi connectivity index (χ1v) is 9.87. The van der Waals surface area contributed by atoms with E-state index in [1.807, 2.05) is 41.3 Å². The predicted octanol–water partition coefficient (Wildman–Crippen LogP) is 5.15. The van der Waals surface area contributed by atoms with Crippen LogP contribution in [0.2, 0.25) is 0 Å². The molecule has 1 amide bonds. The second-order valence-corrected chi connectivity index (χ2v) is 7.59. The van der Waals surface area contributed by atoms with Crippen molar-refractivity contribution < 1.29 is 9.53 Å². The van der Waals surface area contributed by atoms with Crippen LogP contribution in [0.5, 0.6) is 0 Å². The monoisotopic (exact) mass is 388 g/mol. The van der Waals surface area contributed by atoms with Crippen LogP contribution < -0.4 is 4.90 Å². The number of anilines is 1. The summed E-state index contributed by atoms with van der Waals surface area (Å²) < 4.78 is 6.14. The third-order valence-electron chi connectivity index (χ3n) is 6.03. The maximum atomic E-state index is 12.8. The molecule has 1 aliphatic carbocycles. The molecule has 1 fully saturated rings. The summed E-state index contributed by atoms with van der Waals surface area (Å²) in [6, 6.07) is 17.7. The molecular weight excluding hydrogens is 364 g/mol. The number of nitrogens with zero attached hydrogens (tertiary/aromatic N) is 4. The average molecular weight is 388 g/mol. The van der Waals surface area contributed by atoms with Crippen molar-refractivity contribution in [2.45, 2.75) is 37.5 Å². The van der Waals surface area contributed by atoms with Crippen LogP contribution in [-0.4, -0.2) is 24.7 Å². The van der Waals surface area contributed by atoms with Crippen molar-refractivity contribution in [1.82, 2.24) is 0 Å². The van der Waals surface area contributed by atoms with Gasteiger partial charge in [0.2, 0.25) is 5.91 Å². The number of benzene rings is 2. The Bertz CT molecular complexity index is 954. The van der Waals surface area contributed by atoms with Crippen LogP contribution >= 0.6 is 0 Å². The molecule has 1 aliphatic heterocycles. The van der Waals surface area contributed by atoms with Crippen LogP contribution in [-0.2, 0) is 9.53 Å². The van der Waals surface area contributed by atoms with Crippen molar-refractivity contribution in [2.24, 2.45) is 11.0 Å². The fourth-order valence-corrected chi connectivity index (χ4v) is 5.09. The Balaban J connectivity index is 1.90. The molecule has 148 valence electrons. The number of azide groups is 1. The zero-order chi connectivity index (χ0) is 20.4. The first kappa shape index (κ1) is 19.2. The fourth-order valence-electron chi connectivity index (χ4n) is 5.09. The van der Waals surface area contributed by atoms with E-state index in [9.17, 15) is 4.79 Å². The maximum Gasteiger partial charge on any atom is 0.224 e. The number of amides is 1. The molecule has 2 aliphatic rings. The zero-order valence-corrected chi connectivity index (χ0v) is 16.4. The molecule has 29 heavy (non-hydrogen) atoms. The standard InChI is InChI=1S/C23H24N4O2/c1-3-13-29-23-19(25-26-24)14-18-21(23)17-11-7-8-12-20(17)27(15(2)28)22(18)16-9-5-4-6-10-16/h3-12,18-19,21-23H,1,13-14H2,2H3/t18-,19-,21-,22-,23+/m1/s1. The van der Waals surface area contributed by atoms with Gasteiger partial charge in [-0.1, -0.05) is 59.7 Å². The third-order valence-corrected chi connectivity index (χ3v) is 6.03. The number of hydrogen-bond acceptors (Lipinski definition) is 3. The Labute approximate surface area is 170 Å². The minimum absolute atomic E-state index is 0.000507. The first-order valence-electron chi connectivity index (χ1n) is 9.87. The van der Waals surface area contributed by atoms with Crippen LogP contribution in [0, 0.1) is 5.92 Å². The smallest absolute Gasteiger partial charge is 0.224 e. The summed E-state index contributed by atoms with van der Waals surface area (Å²) >= 11 is 0. The van der Waals surface area contributed by atoms with Gasteiger partial charge < -0.3 is 9.64 Å². The van der Waals surface area contributed by atoms with Crippen molar-refractivity contribution >= 4 is 11.6 Å². The van der Waals surface area contributed by atoms with E-state index in [4.69, 9.17) is 10.3 Å². The number of carbonyl (C=O) groups excluding carboxylic acids is 1. The molecule has 5 atom stereocenters. The van der Waals surface area contributed by atoms with Crippen LogP contribution in [0.4, 0.5) is 5.69 Å². The molecule has 0 radical (unpaired) electrons. The van der Waals surface area contributed by atoms with Gasteiger partial charge in [-0.2, -0.15) is 0 Å². The van der Waals surface area contributed by atoms with Crippen molar-refractivity contribution in [2.75, 3.05) is 11.5 Å². The lowest BCUT2D eigenvalue weighted by atomic mass is 9.75. The predicted molar refractivity (Wildman–Crippen MR) is 113 cm³/mol. The summed E-state index contributed by atoms with van der Waals surface area (Å²) in [5.74, 6) is 0.115. The Morgan fingerprint density at radius 2 is 2.00 bits per heavy atom. The van der Waals surface area contributed by atoms with Gasteiger partial charge in [0.25, 0.3) is 0 Å². The summed E-state index contributed by atoms with van der Waals surface area (Å²) in [7, 11) is 0. The minimum atomic E-state index is -0.291. The van der Waals surface area contributed by atoms with Gasteiger partial charge in [0, 0.05) is 23.4 Å². The Hall–Kier alpha value is -3.08. The molecule has 1 heterocycles. The maximum absolute atomic E-state index is 12.8. The van der Waals surface area contributed by atoms with Gasteiger partial charge in [0.15, 0.2) is 0 Å². The summed E-state index contributed by atoms with van der Waals surface area (Å²) in [5, 5.41) is 4.07. The molecular formula is C23H24N4O2. The average Bonchev–Trinajstić information content (AvgIpc) is 3.10. The molecule has 0 unspecified atom stereocenters. The van der Waals surface area contributed by atoms with Gasteiger partial charge in [0.05, 0.1) is 24.8 Å². The largest absolute Gasteiger partial charge is 0.373 e. The van der Waals surface area contributed by atoms with Crippen molar-refractivity contribution in [1.29, 1.82) is 0 Å². The van der Waals surface area contributed by atoms with E-state index in [-0.39, 0.29) is 35.9 Å². The number of carbonyl (C=O) groups is 1. The quantitative estimate of drug-likeness (QED) is 0.307. The Morgan fingerprint density at radius 1 is 1.28 bits per heavy atom. The lowest BCUT2D eigenvalue weighted by molar-refractivity contribution is -0.117. The normalized spacial score (nSPS) is 27.5. The second-order valence-electron chi connectivity index (χ2n) is 7.59. The number of rotatable bonds is 5. The lowest BCUT2D eigenvalue weighted by Crippen LogP contribution is -2.44. The first-order chi connectivity index (χ1) is 14.2. The second kappa shape index (κ2) is 8.11. The van der Waals surface area contributed by atoms with Gasteiger partial charge in [-0.25, -0.2) is 0 Å². The Kier molecular flexibility index (Phi) is 5.38. The molecule has 1 saturated carbocycles. The highest BCUT2D eigenvalue weighted by Gasteiger charge is 2.53. The number of ether oxygens (including phenoxy) is 1. The molecule has 0 N–H and O–H groups in total. The van der Waals surface area contributed by atoms with E-state index in [0.717, 1.165) is 16.8 Å². The molecule has 6 nitrogen and oxygen atoms in total. The zero-order valence-electron chi connectivity index (χ0n) is 16.4. The molecule has 4 rings (SSSR count). The number of fused-ring (bicyclic) bond motifs is 3. The lowest BCUT2D eigenvalue weighted by Gasteiger charge is -2.45. The molecule has 0 bridgehead atoms. The van der Waals surface area contributed by atoms with Gasteiger partial charge in [-0.05, 0) is 35.1 Å². The fraction of sp³-hybridized carbons (Fsp3) is 0.348.